The van der Waals surface area contributed by atoms with Gasteiger partial charge in [-0.3, -0.25) is 0 Å². The molecule has 0 saturated heterocycles. The monoisotopic (exact) mass is 288 g/mol. The molecule has 0 aliphatic rings. The first-order valence-electron chi connectivity index (χ1n) is 6.04. The third-order valence-electron chi connectivity index (χ3n) is 2.31. The lowest BCUT2D eigenvalue weighted by atomic mass is 10.1. The fourth-order valence-corrected chi connectivity index (χ4v) is 3.15. The van der Waals surface area contributed by atoms with Crippen LogP contribution in [0.25, 0.3) is 0 Å². The summed E-state index contributed by atoms with van der Waals surface area (Å²) in [6.45, 7) is 7.54. The van der Waals surface area contributed by atoms with Crippen molar-refractivity contribution in [3.8, 4) is 0 Å². The zero-order valence-electron chi connectivity index (χ0n) is 11.6. The third kappa shape index (κ3) is 4.07. The van der Waals surface area contributed by atoms with E-state index in [1.807, 2.05) is 6.92 Å². The zero-order valence-corrected chi connectivity index (χ0v) is 12.4. The van der Waals surface area contributed by atoms with Gasteiger partial charge >= 0.3 is 5.97 Å². The topological polar surface area (TPSA) is 88.4 Å². The van der Waals surface area contributed by atoms with Crippen molar-refractivity contribution in [1.82, 2.24) is 9.29 Å². The van der Waals surface area contributed by atoms with Crippen LogP contribution in [0.5, 0.6) is 0 Å². The van der Waals surface area contributed by atoms with Crippen LogP contribution in [0.15, 0.2) is 17.2 Å². The van der Waals surface area contributed by atoms with Crippen LogP contribution in [0, 0.1) is 0 Å². The van der Waals surface area contributed by atoms with Crippen LogP contribution < -0.4 is 4.72 Å². The normalized spacial score (nSPS) is 12.6. The number of hydrogen-bond donors (Lipinski definition) is 2. The number of aromatic nitrogens is 1. The smallest absolute Gasteiger partial charge is 0.352 e. The van der Waals surface area contributed by atoms with Gasteiger partial charge in [0.1, 0.15) is 10.6 Å². The summed E-state index contributed by atoms with van der Waals surface area (Å²) in [5, 5.41) is 9.07. The minimum Gasteiger partial charge on any atom is -0.477 e. The minimum absolute atomic E-state index is 0.0175. The van der Waals surface area contributed by atoms with Crippen molar-refractivity contribution in [2.24, 2.45) is 0 Å². The van der Waals surface area contributed by atoms with E-state index in [4.69, 9.17) is 5.11 Å². The first-order chi connectivity index (χ1) is 8.57. The Morgan fingerprint density at radius 3 is 2.42 bits per heavy atom. The number of aryl methyl sites for hydroxylation is 1. The average molecular weight is 288 g/mol. The van der Waals surface area contributed by atoms with E-state index in [0.717, 1.165) is 6.42 Å². The van der Waals surface area contributed by atoms with Gasteiger partial charge in [0, 0.05) is 18.3 Å². The largest absolute Gasteiger partial charge is 0.477 e. The van der Waals surface area contributed by atoms with Crippen molar-refractivity contribution in [2.75, 3.05) is 0 Å². The maximum absolute atomic E-state index is 12.1. The molecular formula is C12H20N2O4S. The molecule has 0 aliphatic carbocycles. The second-order valence-corrected chi connectivity index (χ2v) is 7.10. The quantitative estimate of drug-likeness (QED) is 0.862. The summed E-state index contributed by atoms with van der Waals surface area (Å²) in [4.78, 5) is 11.1. The molecule has 0 saturated carbocycles. The Bertz CT molecular complexity index is 567. The lowest BCUT2D eigenvalue weighted by molar-refractivity contribution is 0.0685. The fourth-order valence-electron chi connectivity index (χ4n) is 1.70. The molecule has 1 rings (SSSR count). The first-order valence-corrected chi connectivity index (χ1v) is 7.52. The Morgan fingerprint density at radius 2 is 2.00 bits per heavy atom. The predicted molar refractivity (Wildman–Crippen MR) is 71.8 cm³/mol. The highest BCUT2D eigenvalue weighted by atomic mass is 32.2. The van der Waals surface area contributed by atoms with Crippen LogP contribution >= 0.6 is 0 Å². The van der Waals surface area contributed by atoms with E-state index in [1.165, 1.54) is 16.8 Å². The highest BCUT2D eigenvalue weighted by Crippen LogP contribution is 2.17. The summed E-state index contributed by atoms with van der Waals surface area (Å²) >= 11 is 0. The lowest BCUT2D eigenvalue weighted by Gasteiger charge is -2.19. The second kappa shape index (κ2) is 5.34. The minimum atomic E-state index is -3.71. The molecule has 108 valence electrons. The molecular weight excluding hydrogens is 268 g/mol. The van der Waals surface area contributed by atoms with Crippen LogP contribution in [-0.2, 0) is 16.6 Å². The van der Waals surface area contributed by atoms with Crippen LogP contribution in [0.3, 0.4) is 0 Å². The fraction of sp³-hybridized carbons (Fsp3) is 0.583. The lowest BCUT2D eigenvalue weighted by Crippen LogP contribution is -2.40. The molecule has 0 amide bonds. The van der Waals surface area contributed by atoms with E-state index < -0.39 is 21.5 Å². The predicted octanol–water partition coefficient (Wildman–Crippen LogP) is 1.67. The van der Waals surface area contributed by atoms with Gasteiger partial charge < -0.3 is 9.67 Å². The van der Waals surface area contributed by atoms with Gasteiger partial charge in [0.2, 0.25) is 10.0 Å². The number of carbonyl (C=O) groups is 1. The maximum Gasteiger partial charge on any atom is 0.352 e. The number of hydrogen-bond acceptors (Lipinski definition) is 3. The Kier molecular flexibility index (Phi) is 4.42. The molecule has 0 radical (unpaired) electrons. The molecule has 0 unspecified atom stereocenters. The van der Waals surface area contributed by atoms with Crippen molar-refractivity contribution in [2.45, 2.75) is 51.1 Å². The van der Waals surface area contributed by atoms with E-state index in [1.54, 1.807) is 20.8 Å². The highest BCUT2D eigenvalue weighted by Gasteiger charge is 2.25. The molecule has 0 aliphatic heterocycles. The number of carboxylic acids is 1. The number of carboxylic acid groups (broad SMARTS) is 1. The molecule has 0 spiro atoms. The van der Waals surface area contributed by atoms with E-state index >= 15 is 0 Å². The summed E-state index contributed by atoms with van der Waals surface area (Å²) in [7, 11) is -3.71. The van der Waals surface area contributed by atoms with Crippen molar-refractivity contribution < 1.29 is 18.3 Å². The van der Waals surface area contributed by atoms with Crippen LogP contribution in [0.2, 0.25) is 0 Å². The van der Waals surface area contributed by atoms with Crippen molar-refractivity contribution in [3.63, 3.8) is 0 Å². The second-order valence-electron chi connectivity index (χ2n) is 5.42. The standard InChI is InChI=1S/C12H20N2O4S/c1-5-6-14-8-9(7-10(14)11(15)16)19(17,18)13-12(2,3)4/h7-8,13H,5-6H2,1-4H3,(H,15,16). The molecule has 0 atom stereocenters. The Balaban J connectivity index is 3.22. The molecule has 0 fully saturated rings. The number of nitrogens with zero attached hydrogens (tertiary/aromatic N) is 1. The molecule has 19 heavy (non-hydrogen) atoms. The number of nitrogens with one attached hydrogen (secondary N) is 1. The van der Waals surface area contributed by atoms with Crippen LogP contribution in [-0.4, -0.2) is 29.6 Å². The van der Waals surface area contributed by atoms with Gasteiger partial charge in [-0.05, 0) is 33.3 Å². The molecule has 7 heteroatoms. The van der Waals surface area contributed by atoms with E-state index in [2.05, 4.69) is 4.72 Å². The SMILES string of the molecule is CCCn1cc(S(=O)(=O)NC(C)(C)C)cc1C(=O)O. The van der Waals surface area contributed by atoms with Gasteiger partial charge in [-0.1, -0.05) is 6.92 Å². The van der Waals surface area contributed by atoms with E-state index in [9.17, 15) is 13.2 Å². The van der Waals surface area contributed by atoms with Crippen LogP contribution in [0.1, 0.15) is 44.6 Å². The summed E-state index contributed by atoms with van der Waals surface area (Å²) < 4.78 is 28.2. The van der Waals surface area contributed by atoms with Gasteiger partial charge in [0.25, 0.3) is 0 Å². The Hall–Kier alpha value is -1.34. The van der Waals surface area contributed by atoms with Gasteiger partial charge in [-0.2, -0.15) is 0 Å². The molecule has 1 aromatic heterocycles. The zero-order chi connectivity index (χ0) is 14.8. The summed E-state index contributed by atoms with van der Waals surface area (Å²) in [6, 6.07) is 1.19. The third-order valence-corrected chi connectivity index (χ3v) is 4.03. The van der Waals surface area contributed by atoms with Crippen molar-refractivity contribution >= 4 is 16.0 Å². The molecule has 2 N–H and O–H groups in total. The van der Waals surface area contributed by atoms with E-state index in [0.29, 0.717) is 6.54 Å². The summed E-state index contributed by atoms with van der Waals surface area (Å²) in [5.41, 5.74) is -0.633. The average Bonchev–Trinajstić information content (AvgIpc) is 2.59. The van der Waals surface area contributed by atoms with Crippen molar-refractivity contribution in [3.05, 3.63) is 18.0 Å². The Labute approximate surface area is 113 Å². The molecule has 1 aromatic rings. The van der Waals surface area contributed by atoms with Gasteiger partial charge in [-0.25, -0.2) is 17.9 Å². The van der Waals surface area contributed by atoms with Crippen LogP contribution in [0.4, 0.5) is 0 Å². The Morgan fingerprint density at radius 1 is 1.42 bits per heavy atom. The van der Waals surface area contributed by atoms with Gasteiger partial charge in [0.05, 0.1) is 0 Å². The first kappa shape index (κ1) is 15.7. The van der Waals surface area contributed by atoms with Gasteiger partial charge in [-0.15, -0.1) is 0 Å². The van der Waals surface area contributed by atoms with Crippen molar-refractivity contribution in [1.29, 1.82) is 0 Å². The summed E-state index contributed by atoms with van der Waals surface area (Å²) in [5.74, 6) is -1.13. The highest BCUT2D eigenvalue weighted by molar-refractivity contribution is 7.89. The molecule has 1 heterocycles. The number of aromatic carboxylic acids is 1. The molecule has 6 nitrogen and oxygen atoms in total. The molecule has 0 aromatic carbocycles. The van der Waals surface area contributed by atoms with Gasteiger partial charge in [0.15, 0.2) is 0 Å². The van der Waals surface area contributed by atoms with E-state index in [-0.39, 0.29) is 10.6 Å². The summed E-state index contributed by atoms with van der Waals surface area (Å²) in [6.07, 6.45) is 2.09. The number of sulfonamides is 1. The number of rotatable bonds is 5. The molecule has 0 bridgehead atoms. The maximum atomic E-state index is 12.1.